The lowest BCUT2D eigenvalue weighted by atomic mass is 10.1. The van der Waals surface area contributed by atoms with Gasteiger partial charge in [-0.25, -0.2) is 14.3 Å². The number of esters is 1. The van der Waals surface area contributed by atoms with Crippen molar-refractivity contribution in [3.63, 3.8) is 0 Å². The van der Waals surface area contributed by atoms with E-state index in [0.29, 0.717) is 32.0 Å². The second kappa shape index (κ2) is 8.01. The molecule has 1 aromatic heterocycles. The normalized spacial score (nSPS) is 14.3. The Labute approximate surface area is 149 Å². The number of benzene rings is 1. The monoisotopic (exact) mass is 359 g/mol. The fraction of sp³-hybridized carbons (Fsp3) is 0.389. The third-order valence-corrected chi connectivity index (χ3v) is 4.15. The summed E-state index contributed by atoms with van der Waals surface area (Å²) < 4.78 is 11.8. The van der Waals surface area contributed by atoms with E-state index in [9.17, 15) is 14.4 Å². The van der Waals surface area contributed by atoms with E-state index >= 15 is 0 Å². The summed E-state index contributed by atoms with van der Waals surface area (Å²) in [6, 6.07) is 9.37. The maximum Gasteiger partial charge on any atom is 0.347 e. The molecule has 1 aliphatic heterocycles. The predicted molar refractivity (Wildman–Crippen MR) is 95.3 cm³/mol. The lowest BCUT2D eigenvalue weighted by molar-refractivity contribution is 0.0521. The van der Waals surface area contributed by atoms with Crippen LogP contribution in [0.4, 0.5) is 0 Å². The van der Waals surface area contributed by atoms with Crippen molar-refractivity contribution in [2.24, 2.45) is 0 Å². The average Bonchev–Trinajstić information content (AvgIpc) is 2.63. The molecule has 2 heterocycles. The molecule has 0 bridgehead atoms. The zero-order chi connectivity index (χ0) is 18.5. The summed E-state index contributed by atoms with van der Waals surface area (Å²) in [5, 5.41) is 1.78. The van der Waals surface area contributed by atoms with Gasteiger partial charge in [-0.2, -0.15) is 0 Å². The van der Waals surface area contributed by atoms with Crippen molar-refractivity contribution in [1.82, 2.24) is 9.66 Å². The van der Waals surface area contributed by atoms with Gasteiger partial charge < -0.3 is 14.5 Å². The largest absolute Gasteiger partial charge is 0.462 e. The van der Waals surface area contributed by atoms with Gasteiger partial charge in [0.05, 0.1) is 38.6 Å². The third kappa shape index (κ3) is 3.70. The Bertz CT molecular complexity index is 882. The number of ether oxygens (including phenoxy) is 2. The highest BCUT2D eigenvalue weighted by molar-refractivity contribution is 5.90. The SMILES string of the molecule is CCOC(=O)c1c(Cc2ccccc2)n(N2CCOCC2)c(=O)[nH]c1=O. The minimum atomic E-state index is -0.735. The summed E-state index contributed by atoms with van der Waals surface area (Å²) in [6.45, 7) is 3.70. The van der Waals surface area contributed by atoms with Crippen LogP contribution in [0.15, 0.2) is 39.9 Å². The number of morpholine rings is 1. The number of aromatic nitrogens is 2. The zero-order valence-corrected chi connectivity index (χ0v) is 14.6. The molecule has 2 aromatic rings. The number of rotatable bonds is 5. The molecule has 1 N–H and O–H groups in total. The molecule has 8 nitrogen and oxygen atoms in total. The van der Waals surface area contributed by atoms with Crippen LogP contribution in [-0.2, 0) is 15.9 Å². The van der Waals surface area contributed by atoms with E-state index in [-0.39, 0.29) is 18.6 Å². The van der Waals surface area contributed by atoms with Crippen molar-refractivity contribution in [3.8, 4) is 0 Å². The van der Waals surface area contributed by atoms with Crippen LogP contribution in [0.5, 0.6) is 0 Å². The molecule has 0 unspecified atom stereocenters. The van der Waals surface area contributed by atoms with Crippen molar-refractivity contribution in [2.45, 2.75) is 13.3 Å². The molecule has 0 aliphatic carbocycles. The molecule has 0 radical (unpaired) electrons. The lowest BCUT2D eigenvalue weighted by Gasteiger charge is -2.32. The molecule has 0 amide bonds. The lowest BCUT2D eigenvalue weighted by Crippen LogP contribution is -2.53. The van der Waals surface area contributed by atoms with Crippen LogP contribution in [0.1, 0.15) is 28.5 Å². The molecule has 0 saturated carbocycles. The number of hydrogen-bond acceptors (Lipinski definition) is 6. The maximum atomic E-state index is 12.6. The molecule has 1 aromatic carbocycles. The van der Waals surface area contributed by atoms with E-state index in [1.165, 1.54) is 4.68 Å². The highest BCUT2D eigenvalue weighted by Gasteiger charge is 2.25. The van der Waals surface area contributed by atoms with E-state index < -0.39 is 17.2 Å². The van der Waals surface area contributed by atoms with Crippen LogP contribution in [-0.4, -0.2) is 48.5 Å². The summed E-state index contributed by atoms with van der Waals surface area (Å²) in [5.41, 5.74) is -0.239. The fourth-order valence-corrected chi connectivity index (χ4v) is 2.99. The van der Waals surface area contributed by atoms with Gasteiger partial charge in [0.15, 0.2) is 0 Å². The Morgan fingerprint density at radius 1 is 1.19 bits per heavy atom. The molecule has 1 saturated heterocycles. The molecular weight excluding hydrogens is 338 g/mol. The number of carbonyl (C=O) groups excluding carboxylic acids is 1. The van der Waals surface area contributed by atoms with Gasteiger partial charge in [-0.05, 0) is 12.5 Å². The molecule has 1 fully saturated rings. The highest BCUT2D eigenvalue weighted by atomic mass is 16.5. The molecule has 0 spiro atoms. The van der Waals surface area contributed by atoms with Gasteiger partial charge in [0, 0.05) is 6.42 Å². The summed E-state index contributed by atoms with van der Waals surface area (Å²) in [6.07, 6.45) is 0.255. The summed E-state index contributed by atoms with van der Waals surface area (Å²) in [5.74, 6) is -0.735. The number of carbonyl (C=O) groups is 1. The first-order valence-electron chi connectivity index (χ1n) is 8.54. The minimum Gasteiger partial charge on any atom is -0.462 e. The Morgan fingerprint density at radius 3 is 2.54 bits per heavy atom. The number of H-pyrrole nitrogens is 1. The molecule has 1 aliphatic rings. The minimum absolute atomic E-state index is 0.137. The smallest absolute Gasteiger partial charge is 0.347 e. The van der Waals surface area contributed by atoms with Crippen molar-refractivity contribution < 1.29 is 14.3 Å². The number of nitrogens with zero attached hydrogens (tertiary/aromatic N) is 2. The van der Waals surface area contributed by atoms with E-state index in [2.05, 4.69) is 4.98 Å². The van der Waals surface area contributed by atoms with Gasteiger partial charge in [-0.3, -0.25) is 9.78 Å². The van der Waals surface area contributed by atoms with Gasteiger partial charge in [-0.1, -0.05) is 30.3 Å². The second-order valence-corrected chi connectivity index (χ2v) is 5.84. The zero-order valence-electron chi connectivity index (χ0n) is 14.6. The molecule has 8 heteroatoms. The van der Waals surface area contributed by atoms with Gasteiger partial charge in [0.1, 0.15) is 5.56 Å². The molecule has 138 valence electrons. The van der Waals surface area contributed by atoms with Gasteiger partial charge >= 0.3 is 11.7 Å². The number of nitrogens with one attached hydrogen (secondary N) is 1. The second-order valence-electron chi connectivity index (χ2n) is 5.84. The summed E-state index contributed by atoms with van der Waals surface area (Å²) in [7, 11) is 0. The highest BCUT2D eigenvalue weighted by Crippen LogP contribution is 2.13. The van der Waals surface area contributed by atoms with Gasteiger partial charge in [0.25, 0.3) is 5.56 Å². The maximum absolute atomic E-state index is 12.6. The topological polar surface area (TPSA) is 93.6 Å². The summed E-state index contributed by atoms with van der Waals surface area (Å²) in [4.78, 5) is 39.6. The van der Waals surface area contributed by atoms with Crippen molar-refractivity contribution in [1.29, 1.82) is 0 Å². The molecule has 0 atom stereocenters. The first-order valence-corrected chi connectivity index (χ1v) is 8.54. The Kier molecular flexibility index (Phi) is 5.52. The molecule has 3 rings (SSSR count). The summed E-state index contributed by atoms with van der Waals surface area (Å²) >= 11 is 0. The van der Waals surface area contributed by atoms with Crippen LogP contribution < -0.4 is 16.3 Å². The fourth-order valence-electron chi connectivity index (χ4n) is 2.99. The van der Waals surface area contributed by atoms with Gasteiger partial charge in [-0.15, -0.1) is 0 Å². The van der Waals surface area contributed by atoms with Crippen molar-refractivity contribution >= 4 is 5.97 Å². The van der Waals surface area contributed by atoms with Crippen molar-refractivity contribution in [2.75, 3.05) is 37.9 Å². The van der Waals surface area contributed by atoms with E-state index in [4.69, 9.17) is 9.47 Å². The van der Waals surface area contributed by atoms with Crippen molar-refractivity contribution in [3.05, 3.63) is 68.0 Å². The van der Waals surface area contributed by atoms with Crippen LogP contribution in [0, 0.1) is 0 Å². The van der Waals surface area contributed by atoms with Crippen LogP contribution in [0.25, 0.3) is 0 Å². The van der Waals surface area contributed by atoms with E-state index in [1.807, 2.05) is 30.3 Å². The number of aromatic amines is 1. The van der Waals surface area contributed by atoms with E-state index in [1.54, 1.807) is 11.9 Å². The Balaban J connectivity index is 2.18. The first-order chi connectivity index (χ1) is 12.6. The van der Waals surface area contributed by atoms with Crippen LogP contribution in [0.3, 0.4) is 0 Å². The standard InChI is InChI=1S/C18H21N3O5/c1-2-26-17(23)15-14(12-13-6-4-3-5-7-13)21(18(24)19-16(15)22)20-8-10-25-11-9-20/h3-7H,2,8-12H2,1H3,(H,19,22,24). The third-order valence-electron chi connectivity index (χ3n) is 4.15. The quantitative estimate of drug-likeness (QED) is 0.771. The average molecular weight is 359 g/mol. The Hall–Kier alpha value is -2.87. The van der Waals surface area contributed by atoms with E-state index in [0.717, 1.165) is 5.56 Å². The first kappa shape index (κ1) is 17.9. The number of hydrogen-bond donors (Lipinski definition) is 1. The van der Waals surface area contributed by atoms with Gasteiger partial charge in [0.2, 0.25) is 0 Å². The Morgan fingerprint density at radius 2 is 1.88 bits per heavy atom. The predicted octanol–water partition coefficient (Wildman–Crippen LogP) is 0.272. The van der Waals surface area contributed by atoms with Crippen LogP contribution in [0.2, 0.25) is 0 Å². The molecule has 26 heavy (non-hydrogen) atoms. The van der Waals surface area contributed by atoms with Crippen LogP contribution >= 0.6 is 0 Å². The molecular formula is C18H21N3O5.